The molecule has 0 amide bonds. The number of hydrogen-bond donors (Lipinski definition) is 1. The SMILES string of the molecule is CCO/C=C(\[Te]CC)C1(O)CCCC1. The van der Waals surface area contributed by atoms with Crippen LogP contribution < -0.4 is 0 Å². The van der Waals surface area contributed by atoms with Gasteiger partial charge in [0.05, 0.1) is 0 Å². The Morgan fingerprint density at radius 3 is 2.57 bits per heavy atom. The minimum atomic E-state index is -0.493. The van der Waals surface area contributed by atoms with Gasteiger partial charge >= 0.3 is 96.9 Å². The second kappa shape index (κ2) is 6.00. The van der Waals surface area contributed by atoms with Crippen molar-refractivity contribution in [2.45, 2.75) is 49.6 Å². The van der Waals surface area contributed by atoms with E-state index in [2.05, 4.69) is 6.92 Å². The van der Waals surface area contributed by atoms with Crippen LogP contribution in [0.1, 0.15) is 39.5 Å². The molecule has 0 bridgehead atoms. The van der Waals surface area contributed by atoms with Gasteiger partial charge in [0.25, 0.3) is 0 Å². The predicted molar refractivity (Wildman–Crippen MR) is 59.4 cm³/mol. The molecule has 0 aliphatic heterocycles. The minimum absolute atomic E-state index is 0.205. The third-order valence-electron chi connectivity index (χ3n) is 2.55. The average molecular weight is 312 g/mol. The fourth-order valence-electron chi connectivity index (χ4n) is 1.80. The van der Waals surface area contributed by atoms with Gasteiger partial charge in [0.2, 0.25) is 0 Å². The number of ether oxygens (including phenoxy) is 1. The van der Waals surface area contributed by atoms with E-state index in [1.165, 1.54) is 8.09 Å². The van der Waals surface area contributed by atoms with Gasteiger partial charge < -0.3 is 0 Å². The van der Waals surface area contributed by atoms with E-state index in [1.54, 1.807) is 0 Å². The summed E-state index contributed by atoms with van der Waals surface area (Å²) in [6.07, 6.45) is 6.05. The normalized spacial score (nSPS) is 21.2. The van der Waals surface area contributed by atoms with Crippen LogP contribution in [0, 0.1) is 0 Å². The number of hydrogen-bond acceptors (Lipinski definition) is 2. The molecular weight excluding hydrogens is 292 g/mol. The van der Waals surface area contributed by atoms with E-state index >= 15 is 0 Å². The maximum atomic E-state index is 10.4. The summed E-state index contributed by atoms with van der Waals surface area (Å²) in [5.41, 5.74) is -0.493. The van der Waals surface area contributed by atoms with E-state index in [1.807, 2.05) is 13.2 Å². The first-order valence-corrected chi connectivity index (χ1v) is 8.21. The number of aliphatic hydroxyl groups is 1. The van der Waals surface area contributed by atoms with Crippen LogP contribution in [0.3, 0.4) is 0 Å². The standard InChI is InChI=1S/C11H20O2Te/c1-3-13-9-10(14-4-2)11(12)7-5-6-8-11/h9,12H,3-8H2,1-2H3/b10-9-. The molecule has 0 atom stereocenters. The zero-order valence-electron chi connectivity index (χ0n) is 9.08. The fourth-order valence-corrected chi connectivity index (χ4v) is 4.42. The Morgan fingerprint density at radius 2 is 2.07 bits per heavy atom. The third kappa shape index (κ3) is 3.15. The van der Waals surface area contributed by atoms with Crippen LogP contribution in [0.5, 0.6) is 0 Å². The van der Waals surface area contributed by atoms with E-state index in [9.17, 15) is 5.11 Å². The summed E-state index contributed by atoms with van der Waals surface area (Å²) >= 11 is -0.205. The Balaban J connectivity index is 2.65. The van der Waals surface area contributed by atoms with Gasteiger partial charge in [0, 0.05) is 0 Å². The summed E-state index contributed by atoms with van der Waals surface area (Å²) in [7, 11) is 0. The monoisotopic (exact) mass is 314 g/mol. The van der Waals surface area contributed by atoms with Crippen molar-refractivity contribution in [2.24, 2.45) is 0 Å². The van der Waals surface area contributed by atoms with Crippen molar-refractivity contribution >= 4 is 20.9 Å². The van der Waals surface area contributed by atoms with Crippen molar-refractivity contribution in [3.05, 3.63) is 9.88 Å². The molecule has 14 heavy (non-hydrogen) atoms. The predicted octanol–water partition coefficient (Wildman–Crippen LogP) is 2.31. The summed E-state index contributed by atoms with van der Waals surface area (Å²) in [5.74, 6) is 0. The molecule has 0 spiro atoms. The van der Waals surface area contributed by atoms with Crippen LogP contribution in [0.15, 0.2) is 9.88 Å². The maximum absolute atomic E-state index is 10.4. The van der Waals surface area contributed by atoms with Crippen LogP contribution in [0.2, 0.25) is 4.47 Å². The van der Waals surface area contributed by atoms with Gasteiger partial charge in [0.15, 0.2) is 0 Å². The molecule has 0 heterocycles. The first-order valence-electron chi connectivity index (χ1n) is 5.40. The zero-order chi connectivity index (χ0) is 10.4. The molecule has 3 heteroatoms. The second-order valence-corrected chi connectivity index (χ2v) is 7.34. The van der Waals surface area contributed by atoms with Crippen LogP contribution in [0.4, 0.5) is 0 Å². The molecular formula is C11H20O2Te. The molecule has 1 saturated carbocycles. The number of rotatable bonds is 5. The molecule has 1 N–H and O–H groups in total. The van der Waals surface area contributed by atoms with Crippen LogP contribution >= 0.6 is 0 Å². The van der Waals surface area contributed by atoms with Crippen LogP contribution in [-0.2, 0) is 4.74 Å². The molecule has 1 aliphatic carbocycles. The van der Waals surface area contributed by atoms with Crippen molar-refractivity contribution in [3.63, 3.8) is 0 Å². The molecule has 0 aromatic heterocycles. The summed E-state index contributed by atoms with van der Waals surface area (Å²) in [4.78, 5) is 0. The van der Waals surface area contributed by atoms with Crippen molar-refractivity contribution in [1.29, 1.82) is 0 Å². The third-order valence-corrected chi connectivity index (χ3v) is 5.62. The quantitative estimate of drug-likeness (QED) is 0.624. The average Bonchev–Trinajstić information content (AvgIpc) is 2.60. The Bertz CT molecular complexity index is 195. The van der Waals surface area contributed by atoms with E-state index < -0.39 is 5.60 Å². The van der Waals surface area contributed by atoms with Crippen LogP contribution in [0.25, 0.3) is 0 Å². The van der Waals surface area contributed by atoms with Gasteiger partial charge in [-0.15, -0.1) is 0 Å². The molecule has 1 fully saturated rings. The Hall–Kier alpha value is 0.290. The summed E-state index contributed by atoms with van der Waals surface area (Å²) in [6, 6.07) is 0. The molecule has 0 aromatic carbocycles. The summed E-state index contributed by atoms with van der Waals surface area (Å²) in [6.45, 7) is 4.88. The van der Waals surface area contributed by atoms with Crippen molar-refractivity contribution in [2.75, 3.05) is 6.61 Å². The van der Waals surface area contributed by atoms with E-state index in [-0.39, 0.29) is 20.9 Å². The molecule has 82 valence electrons. The van der Waals surface area contributed by atoms with Gasteiger partial charge in [-0.25, -0.2) is 0 Å². The van der Waals surface area contributed by atoms with Crippen molar-refractivity contribution in [1.82, 2.24) is 0 Å². The van der Waals surface area contributed by atoms with E-state index in [0.29, 0.717) is 6.61 Å². The van der Waals surface area contributed by atoms with Crippen LogP contribution in [-0.4, -0.2) is 38.2 Å². The van der Waals surface area contributed by atoms with E-state index in [0.717, 1.165) is 25.7 Å². The zero-order valence-corrected chi connectivity index (χ0v) is 11.4. The Kier molecular flexibility index (Phi) is 5.30. The molecule has 1 aliphatic rings. The van der Waals surface area contributed by atoms with Crippen molar-refractivity contribution in [3.8, 4) is 0 Å². The summed E-state index contributed by atoms with van der Waals surface area (Å²) in [5, 5.41) is 10.4. The second-order valence-electron chi connectivity index (χ2n) is 3.61. The first-order chi connectivity index (χ1) is 6.73. The van der Waals surface area contributed by atoms with Gasteiger partial charge in [-0.3, -0.25) is 0 Å². The van der Waals surface area contributed by atoms with Gasteiger partial charge in [-0.05, 0) is 0 Å². The molecule has 1 rings (SSSR count). The summed E-state index contributed by atoms with van der Waals surface area (Å²) < 4.78 is 7.76. The Labute approximate surface area is 96.8 Å². The van der Waals surface area contributed by atoms with Crippen molar-refractivity contribution < 1.29 is 9.84 Å². The van der Waals surface area contributed by atoms with E-state index in [4.69, 9.17) is 4.74 Å². The van der Waals surface area contributed by atoms with Gasteiger partial charge in [-0.1, -0.05) is 0 Å². The molecule has 0 aromatic rings. The van der Waals surface area contributed by atoms with Gasteiger partial charge in [-0.2, -0.15) is 0 Å². The first kappa shape index (κ1) is 12.4. The van der Waals surface area contributed by atoms with Gasteiger partial charge in [0.1, 0.15) is 0 Å². The molecule has 0 radical (unpaired) electrons. The molecule has 2 nitrogen and oxygen atoms in total. The molecule has 0 saturated heterocycles. The Morgan fingerprint density at radius 1 is 1.43 bits per heavy atom. The molecule has 0 unspecified atom stereocenters. The fraction of sp³-hybridized carbons (Fsp3) is 0.818. The topological polar surface area (TPSA) is 29.5 Å².